The summed E-state index contributed by atoms with van der Waals surface area (Å²) in [5.74, 6) is 1.51. The number of nitrogens with one attached hydrogen (secondary N) is 1. The second-order valence-corrected chi connectivity index (χ2v) is 7.64. The molecule has 0 amide bonds. The van der Waals surface area contributed by atoms with Crippen molar-refractivity contribution in [2.45, 2.75) is 31.4 Å². The van der Waals surface area contributed by atoms with Crippen LogP contribution >= 0.6 is 0 Å². The summed E-state index contributed by atoms with van der Waals surface area (Å²) in [7, 11) is 1.68. The number of nitrogens with zero attached hydrogens (tertiary/aromatic N) is 2. The monoisotopic (exact) mass is 409 g/mol. The van der Waals surface area contributed by atoms with Gasteiger partial charge in [0, 0.05) is 19.1 Å². The zero-order valence-electron chi connectivity index (χ0n) is 17.6. The minimum atomic E-state index is -0.612. The van der Waals surface area contributed by atoms with E-state index in [-0.39, 0.29) is 12.6 Å². The normalized spacial score (nSPS) is 16.4. The van der Waals surface area contributed by atoms with E-state index in [1.54, 1.807) is 31.4 Å². The third-order valence-corrected chi connectivity index (χ3v) is 5.48. The second kappa shape index (κ2) is 11.6. The SMILES string of the molecule is COc1ccc([C@H](CNC[C@H](O)COc2ccc(C#N)cc2)N2CCCCC2)cc1. The van der Waals surface area contributed by atoms with Crippen molar-refractivity contribution in [1.29, 1.82) is 5.26 Å². The Morgan fingerprint density at radius 2 is 1.67 bits per heavy atom. The molecule has 2 atom stereocenters. The zero-order chi connectivity index (χ0) is 21.2. The fourth-order valence-corrected chi connectivity index (χ4v) is 3.78. The van der Waals surface area contributed by atoms with Crippen molar-refractivity contribution >= 4 is 0 Å². The van der Waals surface area contributed by atoms with Crippen molar-refractivity contribution in [2.75, 3.05) is 39.9 Å². The van der Waals surface area contributed by atoms with Gasteiger partial charge >= 0.3 is 0 Å². The molecular formula is C24H31N3O3. The van der Waals surface area contributed by atoms with Gasteiger partial charge in [0.05, 0.1) is 18.7 Å². The number of aliphatic hydroxyl groups excluding tert-OH is 1. The van der Waals surface area contributed by atoms with Gasteiger partial charge in [0.15, 0.2) is 0 Å². The summed E-state index contributed by atoms with van der Waals surface area (Å²) >= 11 is 0. The number of benzene rings is 2. The van der Waals surface area contributed by atoms with Crippen LogP contribution in [0.3, 0.4) is 0 Å². The molecular weight excluding hydrogens is 378 g/mol. The third-order valence-electron chi connectivity index (χ3n) is 5.48. The Hall–Kier alpha value is -2.59. The Kier molecular flexibility index (Phi) is 8.52. The Morgan fingerprint density at radius 3 is 2.30 bits per heavy atom. The van der Waals surface area contributed by atoms with Gasteiger partial charge in [-0.25, -0.2) is 0 Å². The Labute approximate surface area is 179 Å². The number of likely N-dealkylation sites (tertiary alicyclic amines) is 1. The van der Waals surface area contributed by atoms with Crippen LogP contribution in [-0.2, 0) is 0 Å². The van der Waals surface area contributed by atoms with E-state index >= 15 is 0 Å². The molecule has 0 aromatic heterocycles. The van der Waals surface area contributed by atoms with E-state index in [2.05, 4.69) is 28.4 Å². The van der Waals surface area contributed by atoms with E-state index in [1.165, 1.54) is 24.8 Å². The van der Waals surface area contributed by atoms with E-state index in [0.29, 0.717) is 17.9 Å². The van der Waals surface area contributed by atoms with Crippen LogP contribution in [0.15, 0.2) is 48.5 Å². The first-order valence-corrected chi connectivity index (χ1v) is 10.6. The summed E-state index contributed by atoms with van der Waals surface area (Å²) in [6.07, 6.45) is 3.14. The van der Waals surface area contributed by atoms with E-state index < -0.39 is 6.10 Å². The molecule has 2 N–H and O–H groups in total. The zero-order valence-corrected chi connectivity index (χ0v) is 17.6. The predicted molar refractivity (Wildman–Crippen MR) is 117 cm³/mol. The summed E-state index contributed by atoms with van der Waals surface area (Å²) in [5.41, 5.74) is 1.85. The number of methoxy groups -OCH3 is 1. The molecule has 0 aliphatic carbocycles. The predicted octanol–water partition coefficient (Wildman–Crippen LogP) is 3.12. The molecule has 160 valence electrons. The summed E-state index contributed by atoms with van der Waals surface area (Å²) in [5, 5.41) is 22.6. The Morgan fingerprint density at radius 1 is 1.00 bits per heavy atom. The number of rotatable bonds is 10. The molecule has 1 fully saturated rings. The first kappa shape index (κ1) is 22.1. The molecule has 1 saturated heterocycles. The maximum atomic E-state index is 10.3. The van der Waals surface area contributed by atoms with E-state index in [1.807, 2.05) is 12.1 Å². The van der Waals surface area contributed by atoms with Gasteiger partial charge in [-0.3, -0.25) is 4.90 Å². The van der Waals surface area contributed by atoms with Gasteiger partial charge in [0.1, 0.15) is 24.2 Å². The smallest absolute Gasteiger partial charge is 0.119 e. The fourth-order valence-electron chi connectivity index (χ4n) is 3.78. The van der Waals surface area contributed by atoms with Gasteiger partial charge in [0.2, 0.25) is 0 Å². The van der Waals surface area contributed by atoms with E-state index in [4.69, 9.17) is 14.7 Å². The van der Waals surface area contributed by atoms with E-state index in [0.717, 1.165) is 25.4 Å². The molecule has 0 saturated carbocycles. The highest BCUT2D eigenvalue weighted by Gasteiger charge is 2.22. The quantitative estimate of drug-likeness (QED) is 0.628. The minimum Gasteiger partial charge on any atom is -0.497 e. The number of nitriles is 1. The van der Waals surface area contributed by atoms with Crippen LogP contribution in [0, 0.1) is 11.3 Å². The van der Waals surface area contributed by atoms with Crippen molar-refractivity contribution in [1.82, 2.24) is 10.2 Å². The van der Waals surface area contributed by atoms with Crippen LogP contribution in [0.5, 0.6) is 11.5 Å². The number of piperidine rings is 1. The molecule has 2 aromatic carbocycles. The van der Waals surface area contributed by atoms with Crippen molar-refractivity contribution < 1.29 is 14.6 Å². The molecule has 3 rings (SSSR count). The standard InChI is InChI=1S/C24H31N3O3/c1-29-22-11-7-20(8-12-22)24(27-13-3-2-4-14-27)17-26-16-21(28)18-30-23-9-5-19(15-25)6-10-23/h5-12,21,24,26,28H,2-4,13-14,16-18H2,1H3/t21-,24-/m0/s1. The minimum absolute atomic E-state index is 0.204. The lowest BCUT2D eigenvalue weighted by molar-refractivity contribution is 0.101. The summed E-state index contributed by atoms with van der Waals surface area (Å²) < 4.78 is 10.9. The van der Waals surface area contributed by atoms with Crippen molar-refractivity contribution in [3.63, 3.8) is 0 Å². The molecule has 0 spiro atoms. The van der Waals surface area contributed by atoms with Crippen LogP contribution in [0.25, 0.3) is 0 Å². The maximum absolute atomic E-state index is 10.3. The number of aliphatic hydroxyl groups is 1. The van der Waals surface area contributed by atoms with Gasteiger partial charge in [-0.15, -0.1) is 0 Å². The highest BCUT2D eigenvalue weighted by Crippen LogP contribution is 2.25. The molecule has 1 aliphatic rings. The first-order chi connectivity index (χ1) is 14.7. The van der Waals surface area contributed by atoms with Crippen molar-refractivity contribution in [2.24, 2.45) is 0 Å². The van der Waals surface area contributed by atoms with Crippen LogP contribution in [0.2, 0.25) is 0 Å². The number of hydrogen-bond donors (Lipinski definition) is 2. The topological polar surface area (TPSA) is 77.7 Å². The molecule has 6 heteroatoms. The van der Waals surface area contributed by atoms with Crippen molar-refractivity contribution in [3.8, 4) is 17.6 Å². The third kappa shape index (κ3) is 6.46. The lowest BCUT2D eigenvalue weighted by Gasteiger charge is -2.35. The molecule has 6 nitrogen and oxygen atoms in total. The number of hydrogen-bond acceptors (Lipinski definition) is 6. The molecule has 1 heterocycles. The van der Waals surface area contributed by atoms with Gasteiger partial charge in [-0.2, -0.15) is 5.26 Å². The molecule has 0 radical (unpaired) electrons. The molecule has 30 heavy (non-hydrogen) atoms. The van der Waals surface area contributed by atoms with Crippen LogP contribution in [-0.4, -0.2) is 56.0 Å². The molecule has 1 aliphatic heterocycles. The van der Waals surface area contributed by atoms with E-state index in [9.17, 15) is 5.11 Å². The largest absolute Gasteiger partial charge is 0.497 e. The molecule has 0 bridgehead atoms. The van der Waals surface area contributed by atoms with Gasteiger partial charge < -0.3 is 19.9 Å². The average Bonchev–Trinajstić information content (AvgIpc) is 2.81. The lowest BCUT2D eigenvalue weighted by Crippen LogP contribution is -2.41. The van der Waals surface area contributed by atoms with Crippen LogP contribution in [0.1, 0.15) is 36.4 Å². The Balaban J connectivity index is 1.50. The summed E-state index contributed by atoms with van der Waals surface area (Å²) in [6.45, 7) is 3.62. The van der Waals surface area contributed by atoms with Gasteiger partial charge in [-0.1, -0.05) is 18.6 Å². The summed E-state index contributed by atoms with van der Waals surface area (Å²) in [4.78, 5) is 2.53. The molecule has 0 unspecified atom stereocenters. The van der Waals surface area contributed by atoms with Gasteiger partial charge in [-0.05, 0) is 67.9 Å². The summed E-state index contributed by atoms with van der Waals surface area (Å²) in [6, 6.07) is 17.5. The highest BCUT2D eigenvalue weighted by atomic mass is 16.5. The van der Waals surface area contributed by atoms with Crippen LogP contribution in [0.4, 0.5) is 0 Å². The van der Waals surface area contributed by atoms with Crippen LogP contribution < -0.4 is 14.8 Å². The van der Waals surface area contributed by atoms with Gasteiger partial charge in [0.25, 0.3) is 0 Å². The Bertz CT molecular complexity index is 796. The lowest BCUT2D eigenvalue weighted by atomic mass is 10.0. The molecule has 2 aromatic rings. The number of ether oxygens (including phenoxy) is 2. The highest BCUT2D eigenvalue weighted by molar-refractivity contribution is 5.34. The first-order valence-electron chi connectivity index (χ1n) is 10.6. The van der Waals surface area contributed by atoms with Crippen molar-refractivity contribution in [3.05, 3.63) is 59.7 Å². The second-order valence-electron chi connectivity index (χ2n) is 7.64. The average molecular weight is 410 g/mol. The maximum Gasteiger partial charge on any atom is 0.119 e. The fraction of sp³-hybridized carbons (Fsp3) is 0.458.